The van der Waals surface area contributed by atoms with Crippen LogP contribution in [0.25, 0.3) is 6.08 Å². The van der Waals surface area contributed by atoms with E-state index in [1.165, 1.54) is 17.3 Å². The third kappa shape index (κ3) is 9.61. The Morgan fingerprint density at radius 3 is 2.05 bits per heavy atom. The number of amides is 3. The van der Waals surface area contributed by atoms with Gasteiger partial charge in [0, 0.05) is 21.8 Å². The highest BCUT2D eigenvalue weighted by Crippen LogP contribution is 2.22. The first-order valence-electron chi connectivity index (χ1n) is 14.1. The molecule has 0 aliphatic heterocycles. The molecule has 0 radical (unpaired) electrons. The lowest BCUT2D eigenvalue weighted by molar-refractivity contribution is -0.114. The topological polar surface area (TPSA) is 96.5 Å². The first-order chi connectivity index (χ1) is 20.8. The van der Waals surface area contributed by atoms with Crippen molar-refractivity contribution < 1.29 is 19.1 Å². The quantitative estimate of drug-likeness (QED) is 0.118. The Hall–Kier alpha value is -4.82. The molecule has 4 rings (SSSR count). The molecule has 43 heavy (non-hydrogen) atoms. The Bertz CT molecular complexity index is 1550. The summed E-state index contributed by atoms with van der Waals surface area (Å²) >= 11 is 1.40. The van der Waals surface area contributed by atoms with Crippen LogP contribution < -0.4 is 20.7 Å². The molecule has 0 spiro atoms. The number of ether oxygens (including phenoxy) is 1. The summed E-state index contributed by atoms with van der Waals surface area (Å²) in [5.74, 6) is 0.433. The van der Waals surface area contributed by atoms with Gasteiger partial charge in [0.15, 0.2) is 0 Å². The van der Waals surface area contributed by atoms with Crippen LogP contribution in [0.4, 0.5) is 11.4 Å². The van der Waals surface area contributed by atoms with Crippen LogP contribution in [-0.4, -0.2) is 30.1 Å². The number of carbonyl (C=O) groups is 3. The van der Waals surface area contributed by atoms with Crippen molar-refractivity contribution in [1.82, 2.24) is 5.32 Å². The standard InChI is InChI=1S/C35H35N3O4S/c1-4-42-30-18-10-25(11-19-30)22-32(38-34(40)27-8-6-5-7-9-27)35(41)37-29-16-20-31(21-17-29)43-23-33(39)36-28-14-12-26(13-15-28)24(2)3/h5-22,24H,4,23H2,1-3H3,(H,36,39)(H,37,41)(H,38,40)/b32-22-. The summed E-state index contributed by atoms with van der Waals surface area (Å²) < 4.78 is 5.50. The zero-order chi connectivity index (χ0) is 30.6. The van der Waals surface area contributed by atoms with Gasteiger partial charge in [-0.25, -0.2) is 0 Å². The fourth-order valence-corrected chi connectivity index (χ4v) is 4.76. The van der Waals surface area contributed by atoms with Gasteiger partial charge in [-0.05, 0) is 90.7 Å². The van der Waals surface area contributed by atoms with Crippen LogP contribution in [0.2, 0.25) is 0 Å². The highest BCUT2D eigenvalue weighted by Gasteiger charge is 2.15. The van der Waals surface area contributed by atoms with E-state index in [4.69, 9.17) is 4.74 Å². The summed E-state index contributed by atoms with van der Waals surface area (Å²) in [5.41, 5.74) is 3.79. The average molecular weight is 594 g/mol. The van der Waals surface area contributed by atoms with E-state index in [0.29, 0.717) is 23.8 Å². The molecule has 4 aromatic carbocycles. The van der Waals surface area contributed by atoms with Crippen molar-refractivity contribution >= 4 is 46.9 Å². The summed E-state index contributed by atoms with van der Waals surface area (Å²) in [7, 11) is 0. The van der Waals surface area contributed by atoms with Crippen LogP contribution >= 0.6 is 11.8 Å². The minimum Gasteiger partial charge on any atom is -0.494 e. The van der Waals surface area contributed by atoms with E-state index < -0.39 is 11.8 Å². The maximum absolute atomic E-state index is 13.3. The second-order valence-electron chi connectivity index (χ2n) is 9.97. The number of benzene rings is 4. The molecular weight excluding hydrogens is 558 g/mol. The zero-order valence-electron chi connectivity index (χ0n) is 24.4. The molecule has 0 unspecified atom stereocenters. The van der Waals surface area contributed by atoms with Crippen LogP contribution in [0.5, 0.6) is 5.75 Å². The van der Waals surface area contributed by atoms with Crippen molar-refractivity contribution in [2.24, 2.45) is 0 Å². The van der Waals surface area contributed by atoms with Crippen LogP contribution in [0.15, 0.2) is 114 Å². The third-order valence-corrected chi connectivity index (χ3v) is 7.39. The summed E-state index contributed by atoms with van der Waals surface area (Å²) in [6, 6.07) is 31.0. The minimum absolute atomic E-state index is 0.0922. The number of anilines is 2. The summed E-state index contributed by atoms with van der Waals surface area (Å²) in [6.07, 6.45) is 1.62. The fraction of sp³-hybridized carbons (Fsp3) is 0.171. The Morgan fingerprint density at radius 1 is 0.791 bits per heavy atom. The Labute approximate surface area is 256 Å². The molecule has 0 fully saturated rings. The summed E-state index contributed by atoms with van der Waals surface area (Å²) in [6.45, 7) is 6.71. The first kappa shape index (κ1) is 31.1. The Morgan fingerprint density at radius 2 is 1.42 bits per heavy atom. The van der Waals surface area contributed by atoms with Crippen molar-refractivity contribution in [1.29, 1.82) is 0 Å². The van der Waals surface area contributed by atoms with Crippen molar-refractivity contribution in [3.8, 4) is 5.75 Å². The van der Waals surface area contributed by atoms with Gasteiger partial charge in [-0.1, -0.05) is 56.3 Å². The molecule has 0 bridgehead atoms. The Kier molecular flexibility index (Phi) is 11.2. The predicted octanol–water partition coefficient (Wildman–Crippen LogP) is 7.35. The van der Waals surface area contributed by atoms with E-state index in [2.05, 4.69) is 29.8 Å². The van der Waals surface area contributed by atoms with Crippen LogP contribution in [-0.2, 0) is 9.59 Å². The van der Waals surface area contributed by atoms with Gasteiger partial charge in [0.25, 0.3) is 11.8 Å². The molecular formula is C35H35N3O4S. The second-order valence-corrected chi connectivity index (χ2v) is 11.0. The predicted molar refractivity (Wildman–Crippen MR) is 174 cm³/mol. The van der Waals surface area contributed by atoms with Crippen LogP contribution in [0.1, 0.15) is 48.2 Å². The number of carbonyl (C=O) groups excluding carboxylic acids is 3. The molecule has 3 N–H and O–H groups in total. The van der Waals surface area contributed by atoms with E-state index in [-0.39, 0.29) is 17.4 Å². The minimum atomic E-state index is -0.471. The molecule has 220 valence electrons. The zero-order valence-corrected chi connectivity index (χ0v) is 25.2. The molecule has 0 aromatic heterocycles. The van der Waals surface area contributed by atoms with Gasteiger partial charge in [-0.15, -0.1) is 11.8 Å². The lowest BCUT2D eigenvalue weighted by atomic mass is 10.0. The van der Waals surface area contributed by atoms with Crippen LogP contribution in [0.3, 0.4) is 0 Å². The molecule has 8 heteroatoms. The average Bonchev–Trinajstić information content (AvgIpc) is 3.02. The van der Waals surface area contributed by atoms with Gasteiger partial charge in [-0.3, -0.25) is 14.4 Å². The first-order valence-corrected chi connectivity index (χ1v) is 15.0. The molecule has 0 aliphatic rings. The lowest BCUT2D eigenvalue weighted by Gasteiger charge is -2.12. The fourth-order valence-electron chi connectivity index (χ4n) is 4.07. The van der Waals surface area contributed by atoms with Gasteiger partial charge in [-0.2, -0.15) is 0 Å². The molecule has 0 aliphatic carbocycles. The number of hydrogen-bond donors (Lipinski definition) is 3. The van der Waals surface area contributed by atoms with Crippen LogP contribution in [0, 0.1) is 0 Å². The van der Waals surface area contributed by atoms with E-state index in [9.17, 15) is 14.4 Å². The number of nitrogens with one attached hydrogen (secondary N) is 3. The van der Waals surface area contributed by atoms with Gasteiger partial charge in [0.05, 0.1) is 12.4 Å². The van der Waals surface area contributed by atoms with Crippen molar-refractivity contribution in [3.63, 3.8) is 0 Å². The van der Waals surface area contributed by atoms with E-state index >= 15 is 0 Å². The van der Waals surface area contributed by atoms with Crippen molar-refractivity contribution in [2.45, 2.75) is 31.6 Å². The highest BCUT2D eigenvalue weighted by molar-refractivity contribution is 8.00. The van der Waals surface area contributed by atoms with E-state index in [1.807, 2.05) is 73.7 Å². The second kappa shape index (κ2) is 15.4. The normalized spacial score (nSPS) is 11.1. The summed E-state index contributed by atoms with van der Waals surface area (Å²) in [5, 5.41) is 8.52. The van der Waals surface area contributed by atoms with Crippen molar-refractivity contribution in [2.75, 3.05) is 23.0 Å². The molecule has 0 saturated carbocycles. The maximum Gasteiger partial charge on any atom is 0.272 e. The molecule has 0 atom stereocenters. The number of rotatable bonds is 12. The number of hydrogen-bond acceptors (Lipinski definition) is 5. The molecule has 3 amide bonds. The Balaban J connectivity index is 1.38. The lowest BCUT2D eigenvalue weighted by Crippen LogP contribution is -2.30. The highest BCUT2D eigenvalue weighted by atomic mass is 32.2. The smallest absolute Gasteiger partial charge is 0.272 e. The van der Waals surface area contributed by atoms with E-state index in [1.54, 1.807) is 42.5 Å². The monoisotopic (exact) mass is 593 g/mol. The van der Waals surface area contributed by atoms with Gasteiger partial charge < -0.3 is 20.7 Å². The van der Waals surface area contributed by atoms with Gasteiger partial charge in [0.2, 0.25) is 5.91 Å². The maximum atomic E-state index is 13.3. The summed E-state index contributed by atoms with van der Waals surface area (Å²) in [4.78, 5) is 39.5. The SMILES string of the molecule is CCOc1ccc(/C=C(\NC(=O)c2ccccc2)C(=O)Nc2ccc(SCC(=O)Nc3ccc(C(C)C)cc3)cc2)cc1. The van der Waals surface area contributed by atoms with Gasteiger partial charge in [0.1, 0.15) is 11.4 Å². The largest absolute Gasteiger partial charge is 0.494 e. The number of thioether (sulfide) groups is 1. The van der Waals surface area contributed by atoms with Gasteiger partial charge >= 0.3 is 0 Å². The molecule has 0 heterocycles. The van der Waals surface area contributed by atoms with Crippen molar-refractivity contribution in [3.05, 3.63) is 126 Å². The third-order valence-electron chi connectivity index (χ3n) is 6.37. The molecule has 7 nitrogen and oxygen atoms in total. The molecule has 4 aromatic rings. The van der Waals surface area contributed by atoms with E-state index in [0.717, 1.165) is 21.9 Å². The molecule has 0 saturated heterocycles.